The molecular formula is C11H18INO3. The number of hydrogen-bond acceptors (Lipinski definition) is 4. The van der Waals surface area contributed by atoms with Crippen LogP contribution in [0.3, 0.4) is 0 Å². The van der Waals surface area contributed by atoms with Crippen LogP contribution in [0.25, 0.3) is 0 Å². The Kier molecular flexibility index (Phi) is 5.71. The van der Waals surface area contributed by atoms with Crippen LogP contribution in [-0.4, -0.2) is 48.3 Å². The van der Waals surface area contributed by atoms with E-state index in [1.807, 2.05) is 17.2 Å². The van der Waals surface area contributed by atoms with Gasteiger partial charge in [0.05, 0.1) is 6.10 Å². The summed E-state index contributed by atoms with van der Waals surface area (Å²) in [5.74, 6) is -0.295. The molecule has 0 aliphatic carbocycles. The van der Waals surface area contributed by atoms with Crippen molar-refractivity contribution in [3.05, 3.63) is 10.2 Å². The molecule has 16 heavy (non-hydrogen) atoms. The Hall–Kier alpha value is -0.140. The van der Waals surface area contributed by atoms with Crippen molar-refractivity contribution < 1.29 is 14.6 Å². The molecule has 0 aromatic heterocycles. The number of carbonyl (C=O) groups excluding carboxylic acids is 1. The first-order valence-electron chi connectivity index (χ1n) is 5.35. The average molecular weight is 341 g/mol. The number of likely N-dealkylation sites (tertiary alicyclic amines) is 1. The van der Waals surface area contributed by atoms with Crippen LogP contribution in [0.15, 0.2) is 10.2 Å². The van der Waals surface area contributed by atoms with Gasteiger partial charge in [0.1, 0.15) is 6.10 Å². The molecule has 3 atom stereocenters. The predicted molar refractivity (Wildman–Crippen MR) is 70.3 cm³/mol. The Bertz CT molecular complexity index is 270. The highest BCUT2D eigenvalue weighted by atomic mass is 127. The Morgan fingerprint density at radius 3 is 2.94 bits per heavy atom. The van der Waals surface area contributed by atoms with Crippen LogP contribution in [0.5, 0.6) is 0 Å². The molecule has 4 nitrogen and oxygen atoms in total. The van der Waals surface area contributed by atoms with Crippen LogP contribution in [0.4, 0.5) is 0 Å². The fourth-order valence-corrected chi connectivity index (χ4v) is 2.43. The van der Waals surface area contributed by atoms with Crippen molar-refractivity contribution in [3.63, 3.8) is 0 Å². The maximum Gasteiger partial charge on any atom is 0.303 e. The molecule has 0 aromatic carbocycles. The molecule has 1 N–H and O–H groups in total. The molecule has 1 fully saturated rings. The smallest absolute Gasteiger partial charge is 0.303 e. The lowest BCUT2D eigenvalue weighted by molar-refractivity contribution is -0.149. The van der Waals surface area contributed by atoms with Crippen molar-refractivity contribution in [3.8, 4) is 0 Å². The van der Waals surface area contributed by atoms with E-state index in [2.05, 4.69) is 27.5 Å². The number of β-amino-alcohol motifs (C(OH)–C–C–N with tert-alkyl or cyclic N) is 1. The Morgan fingerprint density at radius 1 is 1.75 bits per heavy atom. The lowest BCUT2D eigenvalue weighted by atomic mass is 9.89. The highest BCUT2D eigenvalue weighted by Crippen LogP contribution is 2.24. The first-order chi connectivity index (χ1) is 7.54. The van der Waals surface area contributed by atoms with E-state index in [4.69, 9.17) is 4.74 Å². The van der Waals surface area contributed by atoms with Crippen molar-refractivity contribution in [1.82, 2.24) is 4.90 Å². The van der Waals surface area contributed by atoms with Crippen LogP contribution in [0.2, 0.25) is 0 Å². The number of rotatable bonds is 3. The molecule has 1 rings (SSSR count). The second kappa shape index (κ2) is 6.56. The zero-order valence-corrected chi connectivity index (χ0v) is 11.8. The summed E-state index contributed by atoms with van der Waals surface area (Å²) < 4.78 is 7.06. The number of likely N-dealkylation sites (N-methyl/N-ethyl adjacent to an activating group) is 1. The van der Waals surface area contributed by atoms with Crippen molar-refractivity contribution in [2.75, 3.05) is 20.1 Å². The summed E-state index contributed by atoms with van der Waals surface area (Å²) in [5.41, 5.74) is 0. The highest BCUT2D eigenvalue weighted by Gasteiger charge is 2.32. The number of aliphatic hydroxyl groups is 1. The minimum Gasteiger partial charge on any atom is -0.458 e. The van der Waals surface area contributed by atoms with E-state index in [0.29, 0.717) is 6.54 Å². The van der Waals surface area contributed by atoms with E-state index < -0.39 is 6.10 Å². The molecule has 1 aliphatic rings. The van der Waals surface area contributed by atoms with Crippen LogP contribution >= 0.6 is 22.6 Å². The second-order valence-electron chi connectivity index (χ2n) is 4.17. The molecule has 0 saturated carbocycles. The number of carbonyl (C=O) groups is 1. The molecule has 1 heterocycles. The van der Waals surface area contributed by atoms with Crippen LogP contribution in [-0.2, 0) is 9.53 Å². The summed E-state index contributed by atoms with van der Waals surface area (Å²) in [5, 5.41) is 9.98. The van der Waals surface area contributed by atoms with Gasteiger partial charge in [-0.1, -0.05) is 22.6 Å². The number of hydrogen-bond donors (Lipinski definition) is 1. The van der Waals surface area contributed by atoms with Crippen molar-refractivity contribution >= 4 is 28.6 Å². The monoisotopic (exact) mass is 341 g/mol. The number of aliphatic hydroxyl groups excluding tert-OH is 1. The standard InChI is InChI=1S/C11H18INO3/c1-8(14)16-11(3-5-12)9-4-6-13(2)7-10(9)15/h3,5,9-11,15H,4,6-7H2,1-2H3/i2+2. The van der Waals surface area contributed by atoms with Gasteiger partial charge in [-0.05, 0) is 30.2 Å². The fourth-order valence-electron chi connectivity index (χ4n) is 2.02. The molecule has 92 valence electrons. The molecule has 0 spiro atoms. The number of halogens is 1. The zero-order valence-electron chi connectivity index (χ0n) is 9.60. The SMILES string of the molecule is CC(=O)OC(C=CI)C1CCN([14CH3])CC1O. The maximum absolute atomic E-state index is 11.0. The van der Waals surface area contributed by atoms with E-state index in [1.54, 1.807) is 0 Å². The zero-order chi connectivity index (χ0) is 12.1. The van der Waals surface area contributed by atoms with Crippen molar-refractivity contribution in [2.24, 2.45) is 5.92 Å². The quantitative estimate of drug-likeness (QED) is 0.619. The average Bonchev–Trinajstić information content (AvgIpc) is 2.16. The summed E-state index contributed by atoms with van der Waals surface area (Å²) in [6.07, 6.45) is 1.94. The van der Waals surface area contributed by atoms with Crippen molar-refractivity contribution in [1.29, 1.82) is 0 Å². The van der Waals surface area contributed by atoms with Gasteiger partial charge < -0.3 is 14.7 Å². The van der Waals surface area contributed by atoms with Crippen molar-refractivity contribution in [2.45, 2.75) is 25.6 Å². The molecule has 3 unspecified atom stereocenters. The molecule has 0 radical (unpaired) electrons. The lowest BCUT2D eigenvalue weighted by Gasteiger charge is -2.36. The number of piperidine rings is 1. The maximum atomic E-state index is 11.0. The van der Waals surface area contributed by atoms with E-state index in [-0.39, 0.29) is 18.0 Å². The van der Waals surface area contributed by atoms with Gasteiger partial charge >= 0.3 is 5.97 Å². The van der Waals surface area contributed by atoms with Gasteiger partial charge in [0.15, 0.2) is 0 Å². The predicted octanol–water partition coefficient (Wildman–Crippen LogP) is 1.18. The number of esters is 1. The second-order valence-corrected chi connectivity index (χ2v) is 4.89. The summed E-state index contributed by atoms with van der Waals surface area (Å²) in [7, 11) is 1.98. The Labute approximate surface area is 110 Å². The minimum absolute atomic E-state index is 0.00566. The Morgan fingerprint density at radius 2 is 2.44 bits per heavy atom. The highest BCUT2D eigenvalue weighted by molar-refractivity contribution is 14.1. The van der Waals surface area contributed by atoms with E-state index >= 15 is 0 Å². The van der Waals surface area contributed by atoms with Crippen LogP contribution in [0.1, 0.15) is 13.3 Å². The summed E-state index contributed by atoms with van der Waals surface area (Å²) in [6.45, 7) is 2.96. The molecule has 0 aromatic rings. The van der Waals surface area contributed by atoms with E-state index in [0.717, 1.165) is 13.0 Å². The summed E-state index contributed by atoms with van der Waals surface area (Å²) in [4.78, 5) is 13.1. The normalized spacial score (nSPS) is 29.2. The molecule has 1 aliphatic heterocycles. The minimum atomic E-state index is -0.435. The first kappa shape index (κ1) is 13.9. The van der Waals surface area contributed by atoms with Gasteiger partial charge in [0.25, 0.3) is 0 Å². The molecular weight excluding hydrogens is 323 g/mol. The van der Waals surface area contributed by atoms with E-state index in [9.17, 15) is 9.90 Å². The van der Waals surface area contributed by atoms with Crippen LogP contribution in [0, 0.1) is 5.92 Å². The van der Waals surface area contributed by atoms with E-state index in [1.165, 1.54) is 6.92 Å². The topological polar surface area (TPSA) is 49.8 Å². The third-order valence-electron chi connectivity index (χ3n) is 2.82. The van der Waals surface area contributed by atoms with Gasteiger partial charge in [-0.15, -0.1) is 0 Å². The van der Waals surface area contributed by atoms with Gasteiger partial charge in [-0.25, -0.2) is 0 Å². The lowest BCUT2D eigenvalue weighted by Crippen LogP contribution is -2.46. The van der Waals surface area contributed by atoms with Gasteiger partial charge in [-0.2, -0.15) is 0 Å². The third-order valence-corrected chi connectivity index (χ3v) is 3.24. The molecule has 5 heteroatoms. The summed E-state index contributed by atoms with van der Waals surface area (Å²) >= 11 is 2.09. The fraction of sp³-hybridized carbons (Fsp3) is 0.727. The van der Waals surface area contributed by atoms with Gasteiger partial charge in [-0.3, -0.25) is 4.79 Å². The summed E-state index contributed by atoms with van der Waals surface area (Å²) in [6, 6.07) is 0. The van der Waals surface area contributed by atoms with Gasteiger partial charge in [0, 0.05) is 19.4 Å². The molecule has 0 bridgehead atoms. The first-order valence-corrected chi connectivity index (χ1v) is 6.60. The number of nitrogens with zero attached hydrogens (tertiary/aromatic N) is 1. The number of ether oxygens (including phenoxy) is 1. The van der Waals surface area contributed by atoms with Crippen LogP contribution < -0.4 is 0 Å². The Balaban J connectivity index is 2.66. The van der Waals surface area contributed by atoms with Gasteiger partial charge in [0.2, 0.25) is 0 Å². The molecule has 0 amide bonds. The molecule has 1 saturated heterocycles. The largest absolute Gasteiger partial charge is 0.458 e. The third kappa shape index (κ3) is 4.03.